The molecular weight excluding hydrogens is 374 g/mol. The first-order valence-electron chi connectivity index (χ1n) is 7.58. The Labute approximate surface area is 158 Å². The minimum absolute atomic E-state index is 0.273. The van der Waals surface area contributed by atoms with Gasteiger partial charge in [0.1, 0.15) is 12.4 Å². The summed E-state index contributed by atoms with van der Waals surface area (Å²) >= 11 is 7.44. The van der Waals surface area contributed by atoms with Crippen molar-refractivity contribution >= 4 is 34.8 Å². The molecule has 8 heteroatoms. The predicted molar refractivity (Wildman–Crippen MR) is 99.3 cm³/mol. The predicted octanol–water partition coefficient (Wildman–Crippen LogP) is 3.45. The number of rotatable bonds is 5. The highest BCUT2D eigenvalue weighted by Gasteiger charge is 2.12. The van der Waals surface area contributed by atoms with Crippen molar-refractivity contribution in [3.8, 4) is 5.75 Å². The Bertz CT molecular complexity index is 916. The van der Waals surface area contributed by atoms with Gasteiger partial charge in [-0.2, -0.15) is 0 Å². The monoisotopic (exact) mass is 387 g/mol. The van der Waals surface area contributed by atoms with E-state index in [4.69, 9.17) is 16.3 Å². The number of benzene rings is 2. The second-order valence-electron chi connectivity index (χ2n) is 5.18. The Morgan fingerprint density at radius 1 is 1.08 bits per heavy atom. The molecule has 2 amide bonds. The highest BCUT2D eigenvalue weighted by Crippen LogP contribution is 2.16. The molecule has 0 fully saturated rings. The van der Waals surface area contributed by atoms with E-state index in [0.717, 1.165) is 5.69 Å². The molecular formula is C18H14ClN3O3S. The van der Waals surface area contributed by atoms with Crippen LogP contribution in [-0.2, 0) is 6.61 Å². The van der Waals surface area contributed by atoms with E-state index in [1.54, 1.807) is 54.0 Å². The largest absolute Gasteiger partial charge is 0.487 e. The smallest absolute Gasteiger partial charge is 0.271 e. The van der Waals surface area contributed by atoms with Gasteiger partial charge in [0, 0.05) is 10.9 Å². The van der Waals surface area contributed by atoms with Crippen molar-refractivity contribution in [3.63, 3.8) is 0 Å². The van der Waals surface area contributed by atoms with E-state index in [0.29, 0.717) is 22.9 Å². The second-order valence-corrected chi connectivity index (χ2v) is 6.31. The van der Waals surface area contributed by atoms with Gasteiger partial charge in [-0.15, -0.1) is 11.3 Å². The van der Waals surface area contributed by atoms with Crippen molar-refractivity contribution in [1.82, 2.24) is 15.8 Å². The van der Waals surface area contributed by atoms with E-state index in [1.807, 2.05) is 5.38 Å². The molecule has 0 radical (unpaired) electrons. The number of carbonyl (C=O) groups excluding carboxylic acids is 2. The van der Waals surface area contributed by atoms with Crippen LogP contribution < -0.4 is 15.6 Å². The first kappa shape index (κ1) is 17.9. The van der Waals surface area contributed by atoms with Crippen molar-refractivity contribution < 1.29 is 14.3 Å². The van der Waals surface area contributed by atoms with E-state index in [-0.39, 0.29) is 5.56 Å². The molecule has 0 unspecified atom stereocenters. The summed E-state index contributed by atoms with van der Waals surface area (Å²) in [5, 5.41) is 2.19. The average Bonchev–Trinajstić information content (AvgIpc) is 3.18. The van der Waals surface area contributed by atoms with Gasteiger partial charge < -0.3 is 4.74 Å². The van der Waals surface area contributed by atoms with Crippen LogP contribution in [0.1, 0.15) is 26.4 Å². The van der Waals surface area contributed by atoms with Gasteiger partial charge in [0.25, 0.3) is 11.8 Å². The number of hydrogen-bond donors (Lipinski definition) is 2. The van der Waals surface area contributed by atoms with Crippen LogP contribution in [0.25, 0.3) is 0 Å². The third-order valence-corrected chi connectivity index (χ3v) is 4.34. The molecule has 0 spiro atoms. The lowest BCUT2D eigenvalue weighted by Crippen LogP contribution is -2.41. The number of aromatic nitrogens is 1. The molecule has 1 aromatic heterocycles. The van der Waals surface area contributed by atoms with E-state index >= 15 is 0 Å². The van der Waals surface area contributed by atoms with Crippen LogP contribution >= 0.6 is 22.9 Å². The minimum atomic E-state index is -0.500. The van der Waals surface area contributed by atoms with Crippen molar-refractivity contribution in [2.24, 2.45) is 0 Å². The lowest BCUT2D eigenvalue weighted by Gasteiger charge is -2.10. The summed E-state index contributed by atoms with van der Waals surface area (Å²) in [7, 11) is 0. The topological polar surface area (TPSA) is 80.3 Å². The Morgan fingerprint density at radius 3 is 2.65 bits per heavy atom. The highest BCUT2D eigenvalue weighted by molar-refractivity contribution is 7.07. The molecule has 2 aromatic carbocycles. The highest BCUT2D eigenvalue weighted by atomic mass is 35.5. The molecule has 6 nitrogen and oxygen atoms in total. The lowest BCUT2D eigenvalue weighted by molar-refractivity contribution is 0.0846. The molecule has 0 bridgehead atoms. The molecule has 0 aliphatic rings. The molecule has 0 aliphatic carbocycles. The van der Waals surface area contributed by atoms with Crippen LogP contribution in [0.5, 0.6) is 5.75 Å². The van der Waals surface area contributed by atoms with Crippen molar-refractivity contribution in [3.05, 3.63) is 81.3 Å². The quantitative estimate of drug-likeness (QED) is 0.657. The van der Waals surface area contributed by atoms with Gasteiger partial charge in [0.15, 0.2) is 0 Å². The normalized spacial score (nSPS) is 10.2. The number of hydrazine groups is 1. The molecule has 1 heterocycles. The van der Waals surface area contributed by atoms with Crippen molar-refractivity contribution in [2.45, 2.75) is 6.61 Å². The first-order chi connectivity index (χ1) is 12.6. The average molecular weight is 388 g/mol. The molecule has 3 rings (SSSR count). The molecule has 26 heavy (non-hydrogen) atoms. The first-order valence-corrected chi connectivity index (χ1v) is 8.90. The molecule has 2 N–H and O–H groups in total. The fourth-order valence-corrected chi connectivity index (χ4v) is 2.86. The van der Waals surface area contributed by atoms with Gasteiger partial charge in [-0.05, 0) is 30.3 Å². The number of amides is 2. The maximum Gasteiger partial charge on any atom is 0.271 e. The summed E-state index contributed by atoms with van der Waals surface area (Å²) < 4.78 is 5.61. The summed E-state index contributed by atoms with van der Waals surface area (Å²) in [6.07, 6.45) is 0. The van der Waals surface area contributed by atoms with Crippen LogP contribution in [0.2, 0.25) is 5.02 Å². The fraction of sp³-hybridized carbons (Fsp3) is 0.0556. The zero-order valence-electron chi connectivity index (χ0n) is 13.4. The second kappa shape index (κ2) is 8.46. The molecule has 132 valence electrons. The number of nitrogens with zero attached hydrogens (tertiary/aromatic N) is 1. The Hall–Kier alpha value is -2.90. The zero-order valence-corrected chi connectivity index (χ0v) is 15.0. The zero-order chi connectivity index (χ0) is 18.4. The summed E-state index contributed by atoms with van der Waals surface area (Å²) in [6.45, 7) is 0.317. The molecule has 3 aromatic rings. The fourth-order valence-electron chi connectivity index (χ4n) is 2.09. The van der Waals surface area contributed by atoms with E-state index < -0.39 is 11.8 Å². The van der Waals surface area contributed by atoms with Crippen LogP contribution in [0.3, 0.4) is 0 Å². The SMILES string of the molecule is O=C(NNC(=O)c1ccccc1Cl)c1cccc(OCc2cscn2)c1. The van der Waals surface area contributed by atoms with Gasteiger partial charge in [-0.3, -0.25) is 20.4 Å². The third-order valence-electron chi connectivity index (χ3n) is 3.37. The third kappa shape index (κ3) is 4.59. The maximum atomic E-state index is 12.2. The van der Waals surface area contributed by atoms with Crippen LogP contribution in [0, 0.1) is 0 Å². The van der Waals surface area contributed by atoms with Crippen molar-refractivity contribution in [1.29, 1.82) is 0 Å². The lowest BCUT2D eigenvalue weighted by atomic mass is 10.2. The molecule has 0 saturated heterocycles. The van der Waals surface area contributed by atoms with Gasteiger partial charge in [-0.25, -0.2) is 4.98 Å². The Kier molecular flexibility index (Phi) is 5.83. The standard InChI is InChI=1S/C18H14ClN3O3S/c19-16-7-2-1-6-15(16)18(24)22-21-17(23)12-4-3-5-14(8-12)25-9-13-10-26-11-20-13/h1-8,10-11H,9H2,(H,21,23)(H,22,24). The molecule has 0 saturated carbocycles. The Balaban J connectivity index is 1.58. The molecule has 0 atom stereocenters. The van der Waals surface area contributed by atoms with Crippen LogP contribution in [0.15, 0.2) is 59.4 Å². The number of carbonyl (C=O) groups is 2. The Morgan fingerprint density at radius 2 is 1.88 bits per heavy atom. The summed E-state index contributed by atoms with van der Waals surface area (Å²) in [6, 6.07) is 13.2. The van der Waals surface area contributed by atoms with E-state index in [2.05, 4.69) is 15.8 Å². The summed E-state index contributed by atoms with van der Waals surface area (Å²) in [4.78, 5) is 28.4. The number of hydrogen-bond acceptors (Lipinski definition) is 5. The summed E-state index contributed by atoms with van der Waals surface area (Å²) in [5.41, 5.74) is 7.86. The van der Waals surface area contributed by atoms with Gasteiger partial charge >= 0.3 is 0 Å². The molecule has 0 aliphatic heterocycles. The summed E-state index contributed by atoms with van der Waals surface area (Å²) in [5.74, 6) is -0.438. The van der Waals surface area contributed by atoms with Crippen molar-refractivity contribution in [2.75, 3.05) is 0 Å². The van der Waals surface area contributed by atoms with E-state index in [9.17, 15) is 9.59 Å². The van der Waals surface area contributed by atoms with E-state index in [1.165, 1.54) is 11.3 Å². The number of halogens is 1. The number of nitrogens with one attached hydrogen (secondary N) is 2. The maximum absolute atomic E-state index is 12.2. The number of thiazole rings is 1. The van der Waals surface area contributed by atoms with Crippen LogP contribution in [0.4, 0.5) is 0 Å². The van der Waals surface area contributed by atoms with Gasteiger partial charge in [0.05, 0.1) is 21.8 Å². The van der Waals surface area contributed by atoms with Gasteiger partial charge in [0.2, 0.25) is 0 Å². The van der Waals surface area contributed by atoms with Gasteiger partial charge in [-0.1, -0.05) is 29.8 Å². The minimum Gasteiger partial charge on any atom is -0.487 e. The van der Waals surface area contributed by atoms with Crippen LogP contribution in [-0.4, -0.2) is 16.8 Å². The number of ether oxygens (including phenoxy) is 1.